The minimum atomic E-state index is -0.400. The van der Waals surface area contributed by atoms with Gasteiger partial charge in [0.25, 0.3) is 11.7 Å². The van der Waals surface area contributed by atoms with Gasteiger partial charge in [-0.2, -0.15) is 0 Å². The fourth-order valence-corrected chi connectivity index (χ4v) is 3.90. The van der Waals surface area contributed by atoms with Gasteiger partial charge in [-0.05, 0) is 30.9 Å². The molecular weight excluding hydrogens is 324 g/mol. The van der Waals surface area contributed by atoms with Crippen LogP contribution in [0, 0.1) is 0 Å². The molecule has 1 amide bonds. The second-order valence-corrected chi connectivity index (χ2v) is 6.85. The van der Waals surface area contributed by atoms with Gasteiger partial charge in [0.15, 0.2) is 0 Å². The number of fused-ring (bicyclic) bond motifs is 1. The zero-order chi connectivity index (χ0) is 18.1. The number of para-hydroxylation sites is 1. The van der Waals surface area contributed by atoms with E-state index in [4.69, 9.17) is 0 Å². The summed E-state index contributed by atoms with van der Waals surface area (Å²) in [5.41, 5.74) is 3.23. The van der Waals surface area contributed by atoms with Crippen molar-refractivity contribution in [3.63, 3.8) is 0 Å². The lowest BCUT2D eigenvalue weighted by Crippen LogP contribution is -2.40. The minimum Gasteiger partial charge on any atom is -0.343 e. The number of piperidine rings is 1. The number of Topliss-reactive ketones (excluding diaryl/α,β-unsaturated/α-hetero) is 1. The molecule has 0 saturated carbocycles. The number of hydrogen-bond acceptors (Lipinski definition) is 2. The molecule has 4 heteroatoms. The van der Waals surface area contributed by atoms with Crippen LogP contribution in [0.1, 0.15) is 29.6 Å². The third kappa shape index (κ3) is 2.71. The lowest BCUT2D eigenvalue weighted by atomic mass is 10.00. The Kier molecular flexibility index (Phi) is 4.33. The van der Waals surface area contributed by atoms with Crippen LogP contribution in [0.5, 0.6) is 0 Å². The third-order valence-corrected chi connectivity index (χ3v) is 5.22. The van der Waals surface area contributed by atoms with Gasteiger partial charge in [0.05, 0.1) is 11.3 Å². The van der Waals surface area contributed by atoms with Gasteiger partial charge in [0.2, 0.25) is 0 Å². The van der Waals surface area contributed by atoms with Crippen molar-refractivity contribution in [1.82, 2.24) is 9.47 Å². The van der Waals surface area contributed by atoms with Crippen molar-refractivity contribution in [2.75, 3.05) is 13.1 Å². The number of rotatable bonds is 3. The molecule has 0 N–H and O–H groups in total. The van der Waals surface area contributed by atoms with E-state index < -0.39 is 5.78 Å². The van der Waals surface area contributed by atoms with E-state index in [1.807, 2.05) is 66.2 Å². The molecular formula is C22H22N2O2. The summed E-state index contributed by atoms with van der Waals surface area (Å²) in [5, 5.41) is 0.837. The van der Waals surface area contributed by atoms with Crippen LogP contribution in [0.15, 0.2) is 54.6 Å². The number of benzene rings is 2. The molecule has 1 aliphatic rings. The molecule has 26 heavy (non-hydrogen) atoms. The fourth-order valence-electron chi connectivity index (χ4n) is 3.90. The highest BCUT2D eigenvalue weighted by Gasteiger charge is 2.30. The summed E-state index contributed by atoms with van der Waals surface area (Å²) in [7, 11) is 1.95. The zero-order valence-electron chi connectivity index (χ0n) is 14.9. The van der Waals surface area contributed by atoms with Crippen LogP contribution in [0.3, 0.4) is 0 Å². The Hall–Kier alpha value is -2.88. The van der Waals surface area contributed by atoms with Gasteiger partial charge in [0, 0.05) is 31.0 Å². The van der Waals surface area contributed by atoms with Crippen molar-refractivity contribution in [3.8, 4) is 11.3 Å². The van der Waals surface area contributed by atoms with Gasteiger partial charge in [-0.25, -0.2) is 0 Å². The Balaban J connectivity index is 1.88. The average Bonchev–Trinajstić information content (AvgIpc) is 3.01. The Bertz CT molecular complexity index is 966. The predicted molar refractivity (Wildman–Crippen MR) is 103 cm³/mol. The zero-order valence-corrected chi connectivity index (χ0v) is 14.9. The van der Waals surface area contributed by atoms with Crippen molar-refractivity contribution in [2.24, 2.45) is 7.05 Å². The van der Waals surface area contributed by atoms with E-state index in [1.165, 1.54) is 0 Å². The van der Waals surface area contributed by atoms with E-state index in [9.17, 15) is 9.59 Å². The summed E-state index contributed by atoms with van der Waals surface area (Å²) < 4.78 is 2.02. The average molecular weight is 346 g/mol. The number of hydrogen-bond donors (Lipinski definition) is 0. The number of ketones is 1. The highest BCUT2D eigenvalue weighted by Crippen LogP contribution is 2.33. The SMILES string of the molecule is Cn1c(-c2ccccc2)c(C(=O)C(=O)N2CCCCC2)c2ccccc21. The minimum absolute atomic E-state index is 0.377. The van der Waals surface area contributed by atoms with E-state index in [2.05, 4.69) is 0 Å². The van der Waals surface area contributed by atoms with Gasteiger partial charge in [-0.3, -0.25) is 9.59 Å². The molecule has 0 aliphatic carbocycles. The van der Waals surface area contributed by atoms with E-state index in [0.29, 0.717) is 18.7 Å². The van der Waals surface area contributed by atoms with Crippen molar-refractivity contribution in [3.05, 3.63) is 60.2 Å². The van der Waals surface area contributed by atoms with Gasteiger partial charge in [-0.15, -0.1) is 0 Å². The second-order valence-electron chi connectivity index (χ2n) is 6.85. The summed E-state index contributed by atoms with van der Waals surface area (Å²) in [6.07, 6.45) is 3.07. The summed E-state index contributed by atoms with van der Waals surface area (Å²) in [6, 6.07) is 17.6. The molecule has 1 aliphatic heterocycles. The Morgan fingerprint density at radius 2 is 1.50 bits per heavy atom. The van der Waals surface area contributed by atoms with Crippen molar-refractivity contribution in [2.45, 2.75) is 19.3 Å². The second kappa shape index (κ2) is 6.79. The van der Waals surface area contributed by atoms with Gasteiger partial charge in [0.1, 0.15) is 0 Å². The van der Waals surface area contributed by atoms with Crippen molar-refractivity contribution >= 4 is 22.6 Å². The Morgan fingerprint density at radius 1 is 0.846 bits per heavy atom. The summed E-state index contributed by atoms with van der Waals surface area (Å²) in [4.78, 5) is 27.9. The van der Waals surface area contributed by atoms with Crippen LogP contribution < -0.4 is 0 Å². The van der Waals surface area contributed by atoms with E-state index in [1.54, 1.807) is 4.90 Å². The number of carbonyl (C=O) groups is 2. The molecule has 1 aromatic heterocycles. The van der Waals surface area contributed by atoms with Gasteiger partial charge in [-0.1, -0.05) is 48.5 Å². The standard InChI is InChI=1S/C22H22N2O2/c1-23-18-13-7-6-12-17(18)19(20(23)16-10-4-2-5-11-16)21(25)22(26)24-14-8-3-9-15-24/h2,4-7,10-13H,3,8-9,14-15H2,1H3. The van der Waals surface area contributed by atoms with Crippen LogP contribution >= 0.6 is 0 Å². The normalized spacial score (nSPS) is 14.6. The van der Waals surface area contributed by atoms with E-state index >= 15 is 0 Å². The van der Waals surface area contributed by atoms with Crippen LogP contribution in [0.4, 0.5) is 0 Å². The van der Waals surface area contributed by atoms with E-state index in [-0.39, 0.29) is 5.91 Å². The maximum absolute atomic E-state index is 13.3. The lowest BCUT2D eigenvalue weighted by molar-refractivity contribution is -0.127. The molecule has 3 aromatic rings. The molecule has 0 bridgehead atoms. The predicted octanol–water partition coefficient (Wildman–Crippen LogP) is 4.04. The van der Waals surface area contributed by atoms with Crippen LogP contribution in [0.2, 0.25) is 0 Å². The first kappa shape index (κ1) is 16.6. The molecule has 0 unspecified atom stereocenters. The molecule has 0 atom stereocenters. The lowest BCUT2D eigenvalue weighted by Gasteiger charge is -2.26. The number of likely N-dealkylation sites (tertiary alicyclic amines) is 1. The molecule has 4 nitrogen and oxygen atoms in total. The third-order valence-electron chi connectivity index (χ3n) is 5.22. The van der Waals surface area contributed by atoms with Gasteiger partial charge >= 0.3 is 0 Å². The quantitative estimate of drug-likeness (QED) is 0.530. The van der Waals surface area contributed by atoms with E-state index in [0.717, 1.165) is 41.4 Å². The first-order valence-electron chi connectivity index (χ1n) is 9.15. The molecule has 0 spiro atoms. The number of aryl methyl sites for hydroxylation is 1. The molecule has 1 saturated heterocycles. The highest BCUT2D eigenvalue weighted by molar-refractivity contribution is 6.46. The molecule has 4 rings (SSSR count). The largest absolute Gasteiger partial charge is 0.343 e. The topological polar surface area (TPSA) is 42.3 Å². The Labute approximate surface area is 153 Å². The van der Waals surface area contributed by atoms with Crippen molar-refractivity contribution < 1.29 is 9.59 Å². The van der Waals surface area contributed by atoms with Crippen LogP contribution in [-0.2, 0) is 11.8 Å². The summed E-state index contributed by atoms with van der Waals surface area (Å²) in [5.74, 6) is -0.777. The maximum atomic E-state index is 13.3. The molecule has 2 aromatic carbocycles. The van der Waals surface area contributed by atoms with Crippen molar-refractivity contribution in [1.29, 1.82) is 0 Å². The molecule has 132 valence electrons. The first-order valence-corrected chi connectivity index (χ1v) is 9.15. The maximum Gasteiger partial charge on any atom is 0.295 e. The van der Waals surface area contributed by atoms with Gasteiger partial charge < -0.3 is 9.47 Å². The number of nitrogens with zero attached hydrogens (tertiary/aromatic N) is 2. The monoisotopic (exact) mass is 346 g/mol. The molecule has 2 heterocycles. The summed E-state index contributed by atoms with van der Waals surface area (Å²) in [6.45, 7) is 1.35. The molecule has 0 radical (unpaired) electrons. The first-order chi connectivity index (χ1) is 12.7. The van der Waals surface area contributed by atoms with Crippen LogP contribution in [-0.4, -0.2) is 34.2 Å². The van der Waals surface area contributed by atoms with Crippen LogP contribution in [0.25, 0.3) is 22.2 Å². The fraction of sp³-hybridized carbons (Fsp3) is 0.273. The summed E-state index contributed by atoms with van der Waals surface area (Å²) >= 11 is 0. The number of carbonyl (C=O) groups excluding carboxylic acids is 2. The highest BCUT2D eigenvalue weighted by atomic mass is 16.2. The smallest absolute Gasteiger partial charge is 0.295 e. The molecule has 1 fully saturated rings. The Morgan fingerprint density at radius 3 is 2.23 bits per heavy atom. The number of aromatic nitrogens is 1. The number of amides is 1.